The van der Waals surface area contributed by atoms with Crippen molar-refractivity contribution in [3.8, 4) is 22.7 Å². The zero-order valence-electron chi connectivity index (χ0n) is 16.2. The van der Waals surface area contributed by atoms with Crippen molar-refractivity contribution in [1.29, 1.82) is 0 Å². The molecule has 0 saturated carbocycles. The Balaban J connectivity index is 1.88. The summed E-state index contributed by atoms with van der Waals surface area (Å²) < 4.78 is 13.4. The first-order chi connectivity index (χ1) is 13.5. The Morgan fingerprint density at radius 2 is 1.86 bits per heavy atom. The molecule has 1 aromatic heterocycles. The Labute approximate surface area is 170 Å². The van der Waals surface area contributed by atoms with Crippen LogP contribution in [0.3, 0.4) is 0 Å². The first-order valence-electron chi connectivity index (χ1n) is 9.41. The van der Waals surface area contributed by atoms with Gasteiger partial charge >= 0.3 is 0 Å². The van der Waals surface area contributed by atoms with Crippen LogP contribution >= 0.6 is 11.6 Å². The van der Waals surface area contributed by atoms with E-state index in [2.05, 4.69) is 26.0 Å². The molecule has 0 unspecified atom stereocenters. The number of methoxy groups -OCH3 is 1. The van der Waals surface area contributed by atoms with Gasteiger partial charge in [0.15, 0.2) is 0 Å². The van der Waals surface area contributed by atoms with Crippen molar-refractivity contribution >= 4 is 17.2 Å². The van der Waals surface area contributed by atoms with Gasteiger partial charge in [0.2, 0.25) is 0 Å². The van der Waals surface area contributed by atoms with Crippen LogP contribution in [0.1, 0.15) is 26.0 Å². The number of hydrogen-bond acceptors (Lipinski definition) is 3. The summed E-state index contributed by atoms with van der Waals surface area (Å²) in [7, 11) is 1.68. The van der Waals surface area contributed by atoms with Crippen LogP contribution in [0.4, 0.5) is 0 Å². The molecule has 1 aliphatic heterocycles. The quantitative estimate of drug-likeness (QED) is 0.562. The first kappa shape index (κ1) is 18.8. The van der Waals surface area contributed by atoms with Gasteiger partial charge in [-0.1, -0.05) is 41.9 Å². The fourth-order valence-corrected chi connectivity index (χ4v) is 3.78. The van der Waals surface area contributed by atoms with Crippen LogP contribution in [-0.2, 0) is 4.74 Å². The minimum Gasteiger partial charge on any atom is -0.494 e. The monoisotopic (exact) mass is 394 g/mol. The maximum absolute atomic E-state index is 6.10. The summed E-state index contributed by atoms with van der Waals surface area (Å²) in [5.41, 5.74) is 5.09. The molecule has 28 heavy (non-hydrogen) atoms. The van der Waals surface area contributed by atoms with Crippen molar-refractivity contribution in [3.63, 3.8) is 0 Å². The van der Waals surface area contributed by atoms with Crippen LogP contribution in [0.25, 0.3) is 22.5 Å². The Kier molecular flexibility index (Phi) is 5.25. The zero-order chi connectivity index (χ0) is 19.7. The number of halogens is 1. The zero-order valence-corrected chi connectivity index (χ0v) is 17.0. The lowest BCUT2D eigenvalue weighted by Crippen LogP contribution is -2.21. The summed E-state index contributed by atoms with van der Waals surface area (Å²) in [5.74, 6) is 0.773. The number of para-hydroxylation sites is 2. The maximum Gasteiger partial charge on any atom is 0.144 e. The van der Waals surface area contributed by atoms with E-state index < -0.39 is 0 Å². The fraction of sp³-hybridized carbons (Fsp3) is 0.261. The van der Waals surface area contributed by atoms with Crippen molar-refractivity contribution in [2.24, 2.45) is 0 Å². The van der Waals surface area contributed by atoms with Crippen LogP contribution in [0.15, 0.2) is 60.7 Å². The van der Waals surface area contributed by atoms with Crippen LogP contribution < -0.4 is 4.74 Å². The number of hydrogen-bond donors (Lipinski definition) is 0. The predicted molar refractivity (Wildman–Crippen MR) is 113 cm³/mol. The van der Waals surface area contributed by atoms with Crippen LogP contribution in [0, 0.1) is 0 Å². The van der Waals surface area contributed by atoms with Gasteiger partial charge in [0, 0.05) is 17.0 Å². The molecule has 4 rings (SSSR count). The van der Waals surface area contributed by atoms with E-state index in [1.54, 1.807) is 7.11 Å². The molecule has 0 N–H and O–H groups in total. The molecule has 2 atom stereocenters. The average Bonchev–Trinajstić information content (AvgIpc) is 3.13. The Morgan fingerprint density at radius 3 is 2.57 bits per heavy atom. The molecule has 2 heterocycles. The van der Waals surface area contributed by atoms with Crippen molar-refractivity contribution < 1.29 is 9.47 Å². The van der Waals surface area contributed by atoms with Gasteiger partial charge in [-0.3, -0.25) is 0 Å². The molecule has 1 aliphatic rings. The highest BCUT2D eigenvalue weighted by Gasteiger charge is 2.22. The molecule has 5 heteroatoms. The standard InChI is InChI=1S/C23H23ClN2O2/c1-15-12-18(13-16(2)28-15)20-14-22(17-8-10-19(24)11-9-17)26(25-20)21-6-4-5-7-23(21)27-3/h4-12,14-16H,13H2,1-3H3/t15-,16-/m0/s1. The van der Waals surface area contributed by atoms with E-state index in [4.69, 9.17) is 26.2 Å². The van der Waals surface area contributed by atoms with Crippen LogP contribution in [0.5, 0.6) is 5.75 Å². The molecule has 0 amide bonds. The Bertz CT molecular complexity index is 1010. The molecule has 0 fully saturated rings. The van der Waals surface area contributed by atoms with E-state index in [0.717, 1.165) is 34.8 Å². The summed E-state index contributed by atoms with van der Waals surface area (Å²) in [4.78, 5) is 0. The molecule has 0 saturated heterocycles. The second-order valence-corrected chi connectivity index (χ2v) is 7.49. The lowest BCUT2D eigenvalue weighted by atomic mass is 10.00. The third-order valence-electron chi connectivity index (χ3n) is 4.88. The maximum atomic E-state index is 6.10. The molecule has 0 aliphatic carbocycles. The highest BCUT2D eigenvalue weighted by molar-refractivity contribution is 6.30. The Hall–Kier alpha value is -2.56. The topological polar surface area (TPSA) is 36.3 Å². The summed E-state index contributed by atoms with van der Waals surface area (Å²) in [6.45, 7) is 4.16. The minimum absolute atomic E-state index is 0.0779. The first-order valence-corrected chi connectivity index (χ1v) is 9.79. The number of aromatic nitrogens is 2. The second kappa shape index (κ2) is 7.82. The molecule has 2 aromatic carbocycles. The average molecular weight is 395 g/mol. The van der Waals surface area contributed by atoms with Gasteiger partial charge in [0.05, 0.1) is 30.7 Å². The third kappa shape index (κ3) is 3.71. The summed E-state index contributed by atoms with van der Waals surface area (Å²) in [5, 5.41) is 5.67. The van der Waals surface area contributed by atoms with E-state index in [9.17, 15) is 0 Å². The lowest BCUT2D eigenvalue weighted by molar-refractivity contribution is 0.0303. The minimum atomic E-state index is 0.0779. The molecule has 0 spiro atoms. The number of rotatable bonds is 4. The van der Waals surface area contributed by atoms with Crippen molar-refractivity contribution in [1.82, 2.24) is 9.78 Å². The summed E-state index contributed by atoms with van der Waals surface area (Å²) in [6, 6.07) is 17.9. The number of nitrogens with zero attached hydrogens (tertiary/aromatic N) is 2. The van der Waals surface area contributed by atoms with Crippen molar-refractivity contribution in [3.05, 3.63) is 71.4 Å². The SMILES string of the molecule is COc1ccccc1-n1nc(C2=C[C@H](C)O[C@@H](C)C2)cc1-c1ccc(Cl)cc1. The number of benzene rings is 2. The van der Waals surface area contributed by atoms with Gasteiger partial charge in [0.1, 0.15) is 11.4 Å². The highest BCUT2D eigenvalue weighted by atomic mass is 35.5. The van der Waals surface area contributed by atoms with E-state index in [0.29, 0.717) is 5.02 Å². The van der Waals surface area contributed by atoms with Crippen LogP contribution in [-0.4, -0.2) is 29.1 Å². The van der Waals surface area contributed by atoms with Gasteiger partial charge in [-0.25, -0.2) is 4.68 Å². The molecule has 0 radical (unpaired) electrons. The molecule has 3 aromatic rings. The van der Waals surface area contributed by atoms with Gasteiger partial charge in [-0.05, 0) is 49.8 Å². The predicted octanol–water partition coefficient (Wildman–Crippen LogP) is 5.78. The van der Waals surface area contributed by atoms with Gasteiger partial charge in [0.25, 0.3) is 0 Å². The smallest absolute Gasteiger partial charge is 0.144 e. The Morgan fingerprint density at radius 1 is 1.11 bits per heavy atom. The second-order valence-electron chi connectivity index (χ2n) is 7.05. The summed E-state index contributed by atoms with van der Waals surface area (Å²) >= 11 is 6.10. The van der Waals surface area contributed by atoms with Crippen molar-refractivity contribution in [2.75, 3.05) is 7.11 Å². The number of ether oxygens (including phenoxy) is 2. The summed E-state index contributed by atoms with van der Waals surface area (Å²) in [6.07, 6.45) is 3.24. The van der Waals surface area contributed by atoms with Crippen LogP contribution in [0.2, 0.25) is 5.02 Å². The highest BCUT2D eigenvalue weighted by Crippen LogP contribution is 2.34. The van der Waals surface area contributed by atoms with E-state index >= 15 is 0 Å². The van der Waals surface area contributed by atoms with Crippen molar-refractivity contribution in [2.45, 2.75) is 32.5 Å². The molecular weight excluding hydrogens is 372 g/mol. The molecule has 144 valence electrons. The van der Waals surface area contributed by atoms with E-state index in [1.807, 2.05) is 53.2 Å². The van der Waals surface area contributed by atoms with Gasteiger partial charge in [-0.2, -0.15) is 5.10 Å². The molecule has 4 nitrogen and oxygen atoms in total. The van der Waals surface area contributed by atoms with Gasteiger partial charge < -0.3 is 9.47 Å². The van der Waals surface area contributed by atoms with Gasteiger partial charge in [-0.15, -0.1) is 0 Å². The largest absolute Gasteiger partial charge is 0.494 e. The van der Waals surface area contributed by atoms with E-state index in [1.165, 1.54) is 5.57 Å². The molecule has 0 bridgehead atoms. The third-order valence-corrected chi connectivity index (χ3v) is 5.13. The fourth-order valence-electron chi connectivity index (χ4n) is 3.66. The molecular formula is C23H23ClN2O2. The normalized spacial score (nSPS) is 19.4. The lowest BCUT2D eigenvalue weighted by Gasteiger charge is -2.24. The van der Waals surface area contributed by atoms with E-state index in [-0.39, 0.29) is 12.2 Å².